The van der Waals surface area contributed by atoms with Gasteiger partial charge in [-0.15, -0.1) is 0 Å². The van der Waals surface area contributed by atoms with Crippen LogP contribution in [0.1, 0.15) is 25.8 Å². The molecule has 2 N–H and O–H groups in total. The molecule has 0 bridgehead atoms. The molecule has 0 spiro atoms. The van der Waals surface area contributed by atoms with E-state index >= 15 is 0 Å². The van der Waals surface area contributed by atoms with Crippen molar-refractivity contribution in [2.75, 3.05) is 12.3 Å². The second-order valence-electron chi connectivity index (χ2n) is 5.18. The zero-order valence-corrected chi connectivity index (χ0v) is 11.0. The molecule has 1 aliphatic rings. The number of nitrogen functional groups attached to an aromatic ring is 1. The predicted octanol–water partition coefficient (Wildman–Crippen LogP) is 2.54. The smallest absolute Gasteiger partial charge is 0.246 e. The molecule has 1 aliphatic heterocycles. The van der Waals surface area contributed by atoms with Crippen molar-refractivity contribution in [1.29, 1.82) is 0 Å². The zero-order chi connectivity index (χ0) is 13.1. The van der Waals surface area contributed by atoms with Gasteiger partial charge in [-0.2, -0.15) is 0 Å². The Balaban J connectivity index is 2.03. The summed E-state index contributed by atoms with van der Waals surface area (Å²) in [6.45, 7) is 5.16. The lowest BCUT2D eigenvalue weighted by molar-refractivity contribution is -0.126. The third kappa shape index (κ3) is 2.92. The van der Waals surface area contributed by atoms with E-state index in [4.69, 9.17) is 5.73 Å². The van der Waals surface area contributed by atoms with Crippen molar-refractivity contribution >= 4 is 17.7 Å². The number of amides is 1. The van der Waals surface area contributed by atoms with Crippen LogP contribution in [0, 0.1) is 5.92 Å². The lowest BCUT2D eigenvalue weighted by Gasteiger charge is -2.19. The Morgan fingerprint density at radius 3 is 2.83 bits per heavy atom. The molecule has 96 valence electrons. The van der Waals surface area contributed by atoms with Gasteiger partial charge in [-0.05, 0) is 43.0 Å². The van der Waals surface area contributed by atoms with Crippen LogP contribution in [0.25, 0.3) is 6.08 Å². The van der Waals surface area contributed by atoms with Gasteiger partial charge in [0.15, 0.2) is 0 Å². The fraction of sp³-hybridized carbons (Fsp3) is 0.400. The Hall–Kier alpha value is -1.77. The van der Waals surface area contributed by atoms with Gasteiger partial charge in [0.05, 0.1) is 0 Å². The molecule has 2 rings (SSSR count). The maximum Gasteiger partial charge on any atom is 0.246 e. The van der Waals surface area contributed by atoms with Crippen LogP contribution < -0.4 is 5.73 Å². The summed E-state index contributed by atoms with van der Waals surface area (Å²) in [5, 5.41) is 0. The maximum atomic E-state index is 12.1. The van der Waals surface area contributed by atoms with E-state index in [0.717, 1.165) is 18.5 Å². The van der Waals surface area contributed by atoms with Crippen LogP contribution in [0.3, 0.4) is 0 Å². The van der Waals surface area contributed by atoms with Crippen LogP contribution in [-0.4, -0.2) is 23.4 Å². The van der Waals surface area contributed by atoms with Gasteiger partial charge in [0, 0.05) is 24.4 Å². The summed E-state index contributed by atoms with van der Waals surface area (Å²) < 4.78 is 0. The first-order chi connectivity index (χ1) is 8.56. The molecule has 0 radical (unpaired) electrons. The number of carbonyl (C=O) groups excluding carboxylic acids is 1. The van der Waals surface area contributed by atoms with Gasteiger partial charge in [0.25, 0.3) is 0 Å². The number of nitrogens with zero attached hydrogens (tertiary/aromatic N) is 1. The number of carbonyl (C=O) groups is 1. The van der Waals surface area contributed by atoms with E-state index in [0.29, 0.717) is 17.6 Å². The van der Waals surface area contributed by atoms with E-state index in [9.17, 15) is 4.79 Å². The molecule has 1 aromatic carbocycles. The summed E-state index contributed by atoms with van der Waals surface area (Å²) in [7, 11) is 0. The first kappa shape index (κ1) is 12.7. The van der Waals surface area contributed by atoms with Crippen LogP contribution in [-0.2, 0) is 4.79 Å². The highest BCUT2D eigenvalue weighted by atomic mass is 16.2. The molecule has 3 nitrogen and oxygen atoms in total. The molecular weight excluding hydrogens is 224 g/mol. The van der Waals surface area contributed by atoms with E-state index in [1.54, 1.807) is 6.08 Å². The summed E-state index contributed by atoms with van der Waals surface area (Å²) in [6.07, 6.45) is 4.57. The predicted molar refractivity (Wildman–Crippen MR) is 74.8 cm³/mol. The average molecular weight is 244 g/mol. The highest BCUT2D eigenvalue weighted by molar-refractivity contribution is 5.92. The minimum absolute atomic E-state index is 0.0919. The van der Waals surface area contributed by atoms with Crippen molar-refractivity contribution in [2.24, 2.45) is 5.92 Å². The third-order valence-electron chi connectivity index (χ3n) is 3.40. The van der Waals surface area contributed by atoms with Gasteiger partial charge >= 0.3 is 0 Å². The number of likely N-dealkylation sites (tertiary alicyclic amines) is 1. The topological polar surface area (TPSA) is 46.3 Å². The van der Waals surface area contributed by atoms with Gasteiger partial charge in [-0.25, -0.2) is 0 Å². The average Bonchev–Trinajstić information content (AvgIpc) is 2.66. The number of rotatable bonds is 2. The van der Waals surface area contributed by atoms with Gasteiger partial charge in [-0.3, -0.25) is 4.79 Å². The molecule has 1 aromatic rings. The minimum Gasteiger partial charge on any atom is -0.399 e. The fourth-order valence-corrected chi connectivity index (χ4v) is 2.53. The normalized spacial score (nSPS) is 23.8. The van der Waals surface area contributed by atoms with E-state index in [-0.39, 0.29) is 5.91 Å². The van der Waals surface area contributed by atoms with E-state index in [1.165, 1.54) is 0 Å². The van der Waals surface area contributed by atoms with Crippen molar-refractivity contribution in [3.05, 3.63) is 35.9 Å². The van der Waals surface area contributed by atoms with Crippen LogP contribution in [0.4, 0.5) is 5.69 Å². The van der Waals surface area contributed by atoms with Crippen molar-refractivity contribution in [1.82, 2.24) is 4.90 Å². The molecule has 2 unspecified atom stereocenters. The Kier molecular flexibility index (Phi) is 3.70. The summed E-state index contributed by atoms with van der Waals surface area (Å²) in [4.78, 5) is 14.0. The molecular formula is C15H20N2O. The van der Waals surface area contributed by atoms with Gasteiger partial charge < -0.3 is 10.6 Å². The highest BCUT2D eigenvalue weighted by Crippen LogP contribution is 2.22. The molecule has 0 saturated carbocycles. The molecule has 1 saturated heterocycles. The van der Waals surface area contributed by atoms with E-state index in [2.05, 4.69) is 13.8 Å². The molecule has 0 aromatic heterocycles. The first-order valence-electron chi connectivity index (χ1n) is 6.40. The molecule has 1 amide bonds. The number of benzene rings is 1. The lowest BCUT2D eigenvalue weighted by atomic mass is 10.1. The fourth-order valence-electron chi connectivity index (χ4n) is 2.53. The van der Waals surface area contributed by atoms with Crippen molar-refractivity contribution in [2.45, 2.75) is 26.3 Å². The molecule has 1 heterocycles. The molecule has 2 atom stereocenters. The second-order valence-corrected chi connectivity index (χ2v) is 5.18. The van der Waals surface area contributed by atoms with E-state index in [1.807, 2.05) is 35.2 Å². The Morgan fingerprint density at radius 1 is 1.44 bits per heavy atom. The largest absolute Gasteiger partial charge is 0.399 e. The number of hydrogen-bond donors (Lipinski definition) is 1. The van der Waals surface area contributed by atoms with Gasteiger partial charge in [0.2, 0.25) is 5.91 Å². The lowest BCUT2D eigenvalue weighted by Crippen LogP contribution is -2.32. The quantitative estimate of drug-likeness (QED) is 0.642. The Labute approximate surface area is 108 Å². The van der Waals surface area contributed by atoms with Crippen LogP contribution in [0.5, 0.6) is 0 Å². The molecule has 3 heteroatoms. The van der Waals surface area contributed by atoms with Crippen molar-refractivity contribution in [3.8, 4) is 0 Å². The SMILES string of the molecule is CC1CC(C)N(C(=O)/C=C/c2cccc(N)c2)C1. The molecule has 18 heavy (non-hydrogen) atoms. The summed E-state index contributed by atoms with van der Waals surface area (Å²) >= 11 is 0. The second kappa shape index (κ2) is 5.25. The van der Waals surface area contributed by atoms with Crippen molar-refractivity contribution < 1.29 is 4.79 Å². The summed E-state index contributed by atoms with van der Waals surface area (Å²) in [5.74, 6) is 0.694. The summed E-state index contributed by atoms with van der Waals surface area (Å²) in [6, 6.07) is 7.87. The van der Waals surface area contributed by atoms with Crippen molar-refractivity contribution in [3.63, 3.8) is 0 Å². The number of nitrogens with two attached hydrogens (primary N) is 1. The highest BCUT2D eigenvalue weighted by Gasteiger charge is 2.28. The Morgan fingerprint density at radius 2 is 2.22 bits per heavy atom. The molecule has 1 fully saturated rings. The van der Waals surface area contributed by atoms with Gasteiger partial charge in [-0.1, -0.05) is 19.1 Å². The minimum atomic E-state index is 0.0919. The Bertz CT molecular complexity index is 467. The number of hydrogen-bond acceptors (Lipinski definition) is 2. The van der Waals surface area contributed by atoms with Crippen LogP contribution in [0.2, 0.25) is 0 Å². The molecule has 0 aliphatic carbocycles. The third-order valence-corrected chi connectivity index (χ3v) is 3.40. The monoisotopic (exact) mass is 244 g/mol. The standard InChI is InChI=1S/C15H20N2O/c1-11-8-12(2)17(10-11)15(18)7-6-13-4-3-5-14(16)9-13/h3-7,9,11-12H,8,10,16H2,1-2H3/b7-6+. The van der Waals surface area contributed by atoms with Crippen LogP contribution in [0.15, 0.2) is 30.3 Å². The maximum absolute atomic E-state index is 12.1. The zero-order valence-electron chi connectivity index (χ0n) is 11.0. The van der Waals surface area contributed by atoms with E-state index < -0.39 is 0 Å². The number of anilines is 1. The van der Waals surface area contributed by atoms with Crippen LogP contribution >= 0.6 is 0 Å². The van der Waals surface area contributed by atoms with Gasteiger partial charge in [0.1, 0.15) is 0 Å². The summed E-state index contributed by atoms with van der Waals surface area (Å²) in [5.41, 5.74) is 7.38. The first-order valence-corrected chi connectivity index (χ1v) is 6.40.